The predicted octanol–water partition coefficient (Wildman–Crippen LogP) is 3.22. The molecule has 0 saturated carbocycles. The average Bonchev–Trinajstić information content (AvgIpc) is 2.41. The number of ether oxygens (including phenoxy) is 1. The number of anilines is 2. The standard InChI is InChI=1S/C15H15BrN2O2/c1-20-14-9-12(5-6-13(14)16)18-15(19)8-10-3-2-4-11(17)7-10/h2-7,9H,8,17H2,1H3,(H,18,19). The summed E-state index contributed by atoms with van der Waals surface area (Å²) in [5.41, 5.74) is 7.92. The van der Waals surface area contributed by atoms with Crippen LogP contribution in [-0.2, 0) is 11.2 Å². The summed E-state index contributed by atoms with van der Waals surface area (Å²) in [7, 11) is 1.58. The van der Waals surface area contributed by atoms with Crippen molar-refractivity contribution in [3.63, 3.8) is 0 Å². The zero-order valence-corrected chi connectivity index (χ0v) is 12.6. The van der Waals surface area contributed by atoms with Crippen LogP contribution in [0.3, 0.4) is 0 Å². The topological polar surface area (TPSA) is 64.3 Å². The number of hydrogen-bond donors (Lipinski definition) is 2. The van der Waals surface area contributed by atoms with E-state index < -0.39 is 0 Å². The molecule has 0 unspecified atom stereocenters. The molecule has 0 spiro atoms. The molecule has 2 aromatic rings. The van der Waals surface area contributed by atoms with E-state index in [4.69, 9.17) is 10.5 Å². The maximum atomic E-state index is 12.0. The van der Waals surface area contributed by atoms with Gasteiger partial charge in [-0.2, -0.15) is 0 Å². The van der Waals surface area contributed by atoms with Gasteiger partial charge in [0.05, 0.1) is 18.0 Å². The van der Waals surface area contributed by atoms with Crippen LogP contribution < -0.4 is 15.8 Å². The minimum absolute atomic E-state index is 0.0972. The first-order valence-corrected chi connectivity index (χ1v) is 6.85. The Balaban J connectivity index is 2.04. The van der Waals surface area contributed by atoms with E-state index in [-0.39, 0.29) is 12.3 Å². The maximum Gasteiger partial charge on any atom is 0.228 e. The summed E-state index contributed by atoms with van der Waals surface area (Å²) < 4.78 is 6.03. The second-order valence-electron chi connectivity index (χ2n) is 4.32. The van der Waals surface area contributed by atoms with Crippen LogP contribution in [0, 0.1) is 0 Å². The summed E-state index contributed by atoms with van der Waals surface area (Å²) in [5.74, 6) is 0.576. The highest BCUT2D eigenvalue weighted by molar-refractivity contribution is 9.10. The van der Waals surface area contributed by atoms with Gasteiger partial charge in [0.2, 0.25) is 5.91 Å². The van der Waals surface area contributed by atoms with E-state index in [1.807, 2.05) is 24.3 Å². The van der Waals surface area contributed by atoms with Crippen LogP contribution in [0.25, 0.3) is 0 Å². The first-order valence-electron chi connectivity index (χ1n) is 6.06. The van der Waals surface area contributed by atoms with Crippen molar-refractivity contribution in [3.05, 3.63) is 52.5 Å². The zero-order chi connectivity index (χ0) is 14.5. The van der Waals surface area contributed by atoms with Gasteiger partial charge < -0.3 is 15.8 Å². The van der Waals surface area contributed by atoms with Crippen molar-refractivity contribution in [2.75, 3.05) is 18.2 Å². The maximum absolute atomic E-state index is 12.0. The summed E-state index contributed by atoms with van der Waals surface area (Å²) in [4.78, 5) is 12.0. The molecule has 0 aliphatic rings. The van der Waals surface area contributed by atoms with Gasteiger partial charge in [0.15, 0.2) is 0 Å². The number of halogens is 1. The van der Waals surface area contributed by atoms with Crippen LogP contribution >= 0.6 is 15.9 Å². The van der Waals surface area contributed by atoms with Crippen LogP contribution in [0.15, 0.2) is 46.9 Å². The first kappa shape index (κ1) is 14.4. The number of rotatable bonds is 4. The van der Waals surface area contributed by atoms with Crippen molar-refractivity contribution in [1.82, 2.24) is 0 Å². The number of nitrogen functional groups attached to an aromatic ring is 1. The molecule has 0 radical (unpaired) electrons. The van der Waals surface area contributed by atoms with E-state index in [0.717, 1.165) is 10.0 Å². The van der Waals surface area contributed by atoms with Gasteiger partial charge >= 0.3 is 0 Å². The Kier molecular flexibility index (Phi) is 4.63. The van der Waals surface area contributed by atoms with Crippen LogP contribution in [0.5, 0.6) is 5.75 Å². The Morgan fingerprint density at radius 1 is 1.30 bits per heavy atom. The lowest BCUT2D eigenvalue weighted by Crippen LogP contribution is -2.14. The highest BCUT2D eigenvalue weighted by Crippen LogP contribution is 2.27. The molecule has 0 fully saturated rings. The number of benzene rings is 2. The molecule has 2 aromatic carbocycles. The Bertz CT molecular complexity index is 629. The second kappa shape index (κ2) is 6.43. The lowest BCUT2D eigenvalue weighted by Gasteiger charge is -2.09. The minimum atomic E-state index is -0.0972. The predicted molar refractivity (Wildman–Crippen MR) is 83.9 cm³/mol. The third kappa shape index (κ3) is 3.74. The Labute approximate surface area is 126 Å². The van der Waals surface area contributed by atoms with Crippen LogP contribution in [0.4, 0.5) is 11.4 Å². The zero-order valence-electron chi connectivity index (χ0n) is 11.0. The van der Waals surface area contributed by atoms with E-state index in [1.54, 1.807) is 25.3 Å². The van der Waals surface area contributed by atoms with Crippen molar-refractivity contribution in [3.8, 4) is 5.75 Å². The molecule has 0 bridgehead atoms. The molecule has 0 aromatic heterocycles. The number of nitrogens with one attached hydrogen (secondary N) is 1. The summed E-state index contributed by atoms with van der Waals surface area (Å²) in [6, 6.07) is 12.7. The number of amides is 1. The lowest BCUT2D eigenvalue weighted by molar-refractivity contribution is -0.115. The molecular weight excluding hydrogens is 320 g/mol. The summed E-state index contributed by atoms with van der Waals surface area (Å²) in [6.07, 6.45) is 0.281. The minimum Gasteiger partial charge on any atom is -0.495 e. The van der Waals surface area contributed by atoms with E-state index in [0.29, 0.717) is 17.1 Å². The van der Waals surface area contributed by atoms with E-state index in [1.165, 1.54) is 0 Å². The van der Waals surface area contributed by atoms with Gasteiger partial charge in [-0.15, -0.1) is 0 Å². The third-order valence-electron chi connectivity index (χ3n) is 2.75. The normalized spacial score (nSPS) is 10.1. The molecule has 0 heterocycles. The molecule has 0 atom stereocenters. The molecule has 1 amide bonds. The molecule has 104 valence electrons. The highest BCUT2D eigenvalue weighted by Gasteiger charge is 2.07. The number of nitrogens with two attached hydrogens (primary N) is 1. The van der Waals surface area contributed by atoms with Gasteiger partial charge in [0.1, 0.15) is 5.75 Å². The van der Waals surface area contributed by atoms with Gasteiger partial charge in [-0.25, -0.2) is 0 Å². The average molecular weight is 335 g/mol. The summed E-state index contributed by atoms with van der Waals surface area (Å²) in [6.45, 7) is 0. The number of hydrogen-bond acceptors (Lipinski definition) is 3. The molecule has 20 heavy (non-hydrogen) atoms. The van der Waals surface area contributed by atoms with Crippen LogP contribution in [0.2, 0.25) is 0 Å². The summed E-state index contributed by atoms with van der Waals surface area (Å²) >= 11 is 3.37. The quantitative estimate of drug-likeness (QED) is 0.843. The molecule has 0 aliphatic heterocycles. The van der Waals surface area contributed by atoms with Gasteiger partial charge in [-0.3, -0.25) is 4.79 Å². The molecule has 0 aliphatic carbocycles. The fourth-order valence-corrected chi connectivity index (χ4v) is 2.24. The molecular formula is C15H15BrN2O2. The van der Waals surface area contributed by atoms with E-state index >= 15 is 0 Å². The van der Waals surface area contributed by atoms with Gasteiger partial charge in [0.25, 0.3) is 0 Å². The monoisotopic (exact) mass is 334 g/mol. The lowest BCUT2D eigenvalue weighted by atomic mass is 10.1. The number of carbonyl (C=O) groups excluding carboxylic acids is 1. The van der Waals surface area contributed by atoms with Crippen LogP contribution in [-0.4, -0.2) is 13.0 Å². The Morgan fingerprint density at radius 3 is 2.80 bits per heavy atom. The smallest absolute Gasteiger partial charge is 0.228 e. The number of methoxy groups -OCH3 is 1. The SMILES string of the molecule is COc1cc(NC(=O)Cc2cccc(N)c2)ccc1Br. The molecule has 3 N–H and O–H groups in total. The van der Waals surface area contributed by atoms with Crippen molar-refractivity contribution >= 4 is 33.2 Å². The van der Waals surface area contributed by atoms with E-state index in [9.17, 15) is 4.79 Å². The van der Waals surface area contributed by atoms with Gasteiger partial charge in [-0.1, -0.05) is 12.1 Å². The van der Waals surface area contributed by atoms with Gasteiger partial charge in [-0.05, 0) is 45.8 Å². The van der Waals surface area contributed by atoms with E-state index in [2.05, 4.69) is 21.2 Å². The van der Waals surface area contributed by atoms with Crippen molar-refractivity contribution in [2.45, 2.75) is 6.42 Å². The molecule has 2 rings (SSSR count). The number of carbonyl (C=O) groups is 1. The fraction of sp³-hybridized carbons (Fsp3) is 0.133. The largest absolute Gasteiger partial charge is 0.495 e. The molecule has 5 heteroatoms. The van der Waals surface area contributed by atoms with Crippen LogP contribution in [0.1, 0.15) is 5.56 Å². The third-order valence-corrected chi connectivity index (χ3v) is 3.41. The summed E-state index contributed by atoms with van der Waals surface area (Å²) in [5, 5.41) is 2.83. The molecule has 4 nitrogen and oxygen atoms in total. The molecule has 0 saturated heterocycles. The van der Waals surface area contributed by atoms with Crippen molar-refractivity contribution < 1.29 is 9.53 Å². The second-order valence-corrected chi connectivity index (χ2v) is 5.17. The Hall–Kier alpha value is -2.01. The van der Waals surface area contributed by atoms with Gasteiger partial charge in [0, 0.05) is 17.4 Å². The Morgan fingerprint density at radius 2 is 2.10 bits per heavy atom. The fourth-order valence-electron chi connectivity index (χ4n) is 1.83. The highest BCUT2D eigenvalue weighted by atomic mass is 79.9. The van der Waals surface area contributed by atoms with Crippen molar-refractivity contribution in [1.29, 1.82) is 0 Å². The first-order chi connectivity index (χ1) is 9.58. The van der Waals surface area contributed by atoms with Crippen molar-refractivity contribution in [2.24, 2.45) is 0 Å².